The second-order valence-corrected chi connectivity index (χ2v) is 7.66. The predicted octanol–water partition coefficient (Wildman–Crippen LogP) is 3.61. The van der Waals surface area contributed by atoms with E-state index in [1.54, 1.807) is 72.8 Å². The van der Waals surface area contributed by atoms with Crippen molar-refractivity contribution in [3.8, 4) is 0 Å². The van der Waals surface area contributed by atoms with Gasteiger partial charge in [-0.3, -0.25) is 24.2 Å². The van der Waals surface area contributed by atoms with Gasteiger partial charge in [-0.2, -0.15) is 0 Å². The van der Waals surface area contributed by atoms with Crippen LogP contribution >= 0.6 is 0 Å². The first-order valence-corrected chi connectivity index (χ1v) is 10.4. The number of urea groups is 1. The summed E-state index contributed by atoms with van der Waals surface area (Å²) in [5.41, 5.74) is 2.18. The summed E-state index contributed by atoms with van der Waals surface area (Å²) in [4.78, 5) is 54.7. The molecule has 32 heavy (non-hydrogen) atoms. The monoisotopic (exact) mass is 426 g/mol. The number of carbonyl (C=O) groups is 4. The van der Waals surface area contributed by atoms with Crippen molar-refractivity contribution in [1.82, 2.24) is 9.80 Å². The van der Waals surface area contributed by atoms with Crippen LogP contribution < -0.4 is 0 Å². The highest BCUT2D eigenvalue weighted by atomic mass is 16.2. The Balaban J connectivity index is 1.65. The smallest absolute Gasteiger partial charge is 0.298 e. The fourth-order valence-electron chi connectivity index (χ4n) is 3.75. The zero-order chi connectivity index (χ0) is 22.5. The number of hydrogen-bond donors (Lipinski definition) is 0. The van der Waals surface area contributed by atoms with Gasteiger partial charge in [0.25, 0.3) is 11.8 Å². The van der Waals surface area contributed by atoms with Gasteiger partial charge in [-0.15, -0.1) is 0 Å². The Bertz CT molecular complexity index is 1070. The molecule has 4 rings (SSSR count). The molecule has 0 radical (unpaired) electrons. The molecular formula is C26H22N2O4. The molecule has 0 unspecified atom stereocenters. The Kier molecular flexibility index (Phi) is 6.22. The van der Waals surface area contributed by atoms with Crippen molar-refractivity contribution < 1.29 is 19.2 Å². The van der Waals surface area contributed by atoms with Gasteiger partial charge < -0.3 is 0 Å². The quantitative estimate of drug-likeness (QED) is 0.541. The van der Waals surface area contributed by atoms with Crippen LogP contribution in [-0.4, -0.2) is 33.4 Å². The zero-order valence-electron chi connectivity index (χ0n) is 17.4. The predicted molar refractivity (Wildman–Crippen MR) is 118 cm³/mol. The molecule has 6 heteroatoms. The zero-order valence-corrected chi connectivity index (χ0v) is 17.4. The van der Waals surface area contributed by atoms with Crippen LogP contribution in [0.15, 0.2) is 91.0 Å². The Morgan fingerprint density at radius 3 is 1.38 bits per heavy atom. The van der Waals surface area contributed by atoms with E-state index >= 15 is 0 Å². The lowest BCUT2D eigenvalue weighted by Crippen LogP contribution is -2.61. The summed E-state index contributed by atoms with van der Waals surface area (Å²) in [7, 11) is 0. The van der Waals surface area contributed by atoms with E-state index in [1.807, 2.05) is 18.2 Å². The Hall–Kier alpha value is -4.06. The third-order valence-corrected chi connectivity index (χ3v) is 5.40. The summed E-state index contributed by atoms with van der Waals surface area (Å²) in [5.74, 6) is -3.60. The minimum Gasteiger partial charge on any atom is -0.298 e. The van der Waals surface area contributed by atoms with Gasteiger partial charge in [0.1, 0.15) is 0 Å². The molecule has 160 valence electrons. The third-order valence-electron chi connectivity index (χ3n) is 5.40. The van der Waals surface area contributed by atoms with Crippen LogP contribution in [0.25, 0.3) is 0 Å². The fourth-order valence-corrected chi connectivity index (χ4v) is 3.75. The lowest BCUT2D eigenvalue weighted by atomic mass is 9.93. The summed E-state index contributed by atoms with van der Waals surface area (Å²) < 4.78 is 0. The van der Waals surface area contributed by atoms with Crippen molar-refractivity contribution in [3.05, 3.63) is 108 Å². The van der Waals surface area contributed by atoms with Crippen molar-refractivity contribution in [1.29, 1.82) is 0 Å². The van der Waals surface area contributed by atoms with Gasteiger partial charge in [0.05, 0.1) is 13.1 Å². The van der Waals surface area contributed by atoms with E-state index in [0.717, 1.165) is 20.9 Å². The molecule has 4 amide bonds. The molecule has 0 spiro atoms. The number of rotatable bonds is 7. The number of amides is 4. The SMILES string of the molecule is O=C(Cc1ccccc1)C1C(=O)N(Cc2ccccc2)C(=O)N(Cc2ccccc2)C1=O. The topological polar surface area (TPSA) is 74.8 Å². The number of hydrogen-bond acceptors (Lipinski definition) is 4. The first-order valence-electron chi connectivity index (χ1n) is 10.4. The molecular weight excluding hydrogens is 404 g/mol. The first-order chi connectivity index (χ1) is 15.5. The van der Waals surface area contributed by atoms with Crippen LogP contribution in [-0.2, 0) is 33.9 Å². The maximum absolute atomic E-state index is 13.2. The summed E-state index contributed by atoms with van der Waals surface area (Å²) in [6.07, 6.45) is -0.0600. The van der Waals surface area contributed by atoms with E-state index in [2.05, 4.69) is 0 Å². The molecule has 1 aliphatic heterocycles. The number of Topliss-reactive ketones (excluding diaryl/α,β-unsaturated/α-hetero) is 1. The normalized spacial score (nSPS) is 14.7. The summed E-state index contributed by atoms with van der Waals surface area (Å²) in [6, 6.07) is 26.3. The van der Waals surface area contributed by atoms with Crippen molar-refractivity contribution >= 4 is 23.6 Å². The van der Waals surface area contributed by atoms with Crippen molar-refractivity contribution in [2.75, 3.05) is 0 Å². The molecule has 0 aliphatic carbocycles. The highest BCUT2D eigenvalue weighted by molar-refractivity contribution is 6.26. The lowest BCUT2D eigenvalue weighted by Gasteiger charge is -2.36. The van der Waals surface area contributed by atoms with E-state index in [0.29, 0.717) is 5.56 Å². The van der Waals surface area contributed by atoms with E-state index in [1.165, 1.54) is 0 Å². The molecule has 0 aromatic heterocycles. The van der Waals surface area contributed by atoms with Gasteiger partial charge in [0, 0.05) is 6.42 Å². The van der Waals surface area contributed by atoms with Gasteiger partial charge in [0.15, 0.2) is 11.7 Å². The number of imide groups is 2. The van der Waals surface area contributed by atoms with E-state index in [9.17, 15) is 19.2 Å². The summed E-state index contributed by atoms with van der Waals surface area (Å²) in [5, 5.41) is 0. The van der Waals surface area contributed by atoms with Crippen LogP contribution in [0.1, 0.15) is 16.7 Å². The number of barbiturate groups is 1. The molecule has 0 saturated carbocycles. The lowest BCUT2D eigenvalue weighted by molar-refractivity contribution is -0.153. The Morgan fingerprint density at radius 1 is 0.594 bits per heavy atom. The Morgan fingerprint density at radius 2 is 0.969 bits per heavy atom. The van der Waals surface area contributed by atoms with Crippen LogP contribution in [0.3, 0.4) is 0 Å². The maximum atomic E-state index is 13.2. The van der Waals surface area contributed by atoms with Gasteiger partial charge in [-0.25, -0.2) is 4.79 Å². The molecule has 0 bridgehead atoms. The first kappa shape index (κ1) is 21.2. The molecule has 6 nitrogen and oxygen atoms in total. The molecule has 0 atom stereocenters. The highest BCUT2D eigenvalue weighted by Gasteiger charge is 2.48. The maximum Gasteiger partial charge on any atom is 0.334 e. The number of benzene rings is 3. The van der Waals surface area contributed by atoms with Gasteiger partial charge in [-0.1, -0.05) is 91.0 Å². The molecule has 1 saturated heterocycles. The number of nitrogens with zero attached hydrogens (tertiary/aromatic N) is 2. The summed E-state index contributed by atoms with van der Waals surface area (Å²) in [6.45, 7) is -0.0155. The van der Waals surface area contributed by atoms with Crippen LogP contribution in [0.4, 0.5) is 4.79 Å². The number of carbonyl (C=O) groups excluding carboxylic acids is 4. The second kappa shape index (κ2) is 9.39. The minimum absolute atomic E-state index is 0.00774. The van der Waals surface area contributed by atoms with Gasteiger partial charge >= 0.3 is 6.03 Å². The molecule has 1 fully saturated rings. The van der Waals surface area contributed by atoms with Crippen LogP contribution in [0.2, 0.25) is 0 Å². The average molecular weight is 426 g/mol. The summed E-state index contributed by atoms with van der Waals surface area (Å²) >= 11 is 0. The van der Waals surface area contributed by atoms with Crippen molar-refractivity contribution in [3.63, 3.8) is 0 Å². The van der Waals surface area contributed by atoms with E-state index in [4.69, 9.17) is 0 Å². The fraction of sp³-hybridized carbons (Fsp3) is 0.154. The van der Waals surface area contributed by atoms with Crippen LogP contribution in [0, 0.1) is 5.92 Å². The standard InChI is InChI=1S/C26H22N2O4/c29-22(16-19-10-4-1-5-11-19)23-24(30)27(17-20-12-6-2-7-13-20)26(32)28(25(23)31)18-21-14-8-3-9-15-21/h1-15,23H,16-18H2. The van der Waals surface area contributed by atoms with Crippen LogP contribution in [0.5, 0.6) is 0 Å². The average Bonchev–Trinajstić information content (AvgIpc) is 2.81. The van der Waals surface area contributed by atoms with E-state index < -0.39 is 29.5 Å². The minimum atomic E-state index is -1.54. The molecule has 1 aliphatic rings. The van der Waals surface area contributed by atoms with Crippen molar-refractivity contribution in [2.24, 2.45) is 5.92 Å². The van der Waals surface area contributed by atoms with Crippen molar-refractivity contribution in [2.45, 2.75) is 19.5 Å². The molecule has 0 N–H and O–H groups in total. The Labute approximate surface area is 186 Å². The van der Waals surface area contributed by atoms with Gasteiger partial charge in [0.2, 0.25) is 0 Å². The highest BCUT2D eigenvalue weighted by Crippen LogP contribution is 2.24. The van der Waals surface area contributed by atoms with Gasteiger partial charge in [-0.05, 0) is 16.7 Å². The molecule has 3 aromatic carbocycles. The molecule has 1 heterocycles. The second-order valence-electron chi connectivity index (χ2n) is 7.66. The third kappa shape index (κ3) is 4.49. The number of ketones is 1. The molecule has 3 aromatic rings. The largest absolute Gasteiger partial charge is 0.334 e. The van der Waals surface area contributed by atoms with E-state index in [-0.39, 0.29) is 19.5 Å².